The SMILES string of the molecule is O=C(NCCC#Cc1c[nH]c(=O)c(C(F)(F)F)c1)OCc1ccccc1. The van der Waals surface area contributed by atoms with Gasteiger partial charge in [-0.05, 0) is 11.6 Å². The summed E-state index contributed by atoms with van der Waals surface area (Å²) in [5, 5.41) is 2.48. The number of carbonyl (C=O) groups excluding carboxylic acids is 1. The van der Waals surface area contributed by atoms with Crippen molar-refractivity contribution in [1.82, 2.24) is 10.3 Å². The van der Waals surface area contributed by atoms with E-state index in [1.165, 1.54) is 0 Å². The molecule has 0 saturated carbocycles. The largest absolute Gasteiger partial charge is 0.445 e. The lowest BCUT2D eigenvalue weighted by Crippen LogP contribution is -2.24. The highest BCUT2D eigenvalue weighted by atomic mass is 19.4. The van der Waals surface area contributed by atoms with Crippen LogP contribution in [-0.2, 0) is 17.5 Å². The number of hydrogen-bond acceptors (Lipinski definition) is 3. The number of benzene rings is 1. The maximum Gasteiger partial charge on any atom is 0.421 e. The zero-order valence-electron chi connectivity index (χ0n) is 13.5. The maximum atomic E-state index is 12.6. The highest BCUT2D eigenvalue weighted by Crippen LogP contribution is 2.26. The summed E-state index contributed by atoms with van der Waals surface area (Å²) in [4.78, 5) is 24.6. The second kappa shape index (κ2) is 8.76. The van der Waals surface area contributed by atoms with Gasteiger partial charge in [-0.2, -0.15) is 13.2 Å². The number of aromatic nitrogens is 1. The summed E-state index contributed by atoms with van der Waals surface area (Å²) in [5.41, 5.74) is -1.64. The molecule has 1 aromatic heterocycles. The Hall–Kier alpha value is -3.21. The summed E-state index contributed by atoms with van der Waals surface area (Å²) in [6.45, 7) is 0.312. The van der Waals surface area contributed by atoms with Gasteiger partial charge >= 0.3 is 12.3 Å². The molecular formula is C18H15F3N2O3. The first kappa shape index (κ1) is 19.1. The van der Waals surface area contributed by atoms with Crippen molar-refractivity contribution in [3.05, 3.63) is 69.6 Å². The molecule has 5 nitrogen and oxygen atoms in total. The third-order valence-corrected chi connectivity index (χ3v) is 3.17. The fourth-order valence-corrected chi connectivity index (χ4v) is 1.93. The standard InChI is InChI=1S/C18H15F3N2O3/c19-18(20,21)15-10-14(11-23-16(15)24)8-4-5-9-22-17(25)26-12-13-6-2-1-3-7-13/h1-3,6-7,10-11H,5,9,12H2,(H,22,25)(H,23,24). The number of rotatable bonds is 4. The number of hydrogen-bond donors (Lipinski definition) is 2. The van der Waals surface area contributed by atoms with Crippen molar-refractivity contribution in [3.63, 3.8) is 0 Å². The molecule has 1 aromatic carbocycles. The summed E-state index contributed by atoms with van der Waals surface area (Å²) in [6.07, 6.45) is -4.04. The first-order valence-corrected chi connectivity index (χ1v) is 7.59. The monoisotopic (exact) mass is 364 g/mol. The highest BCUT2D eigenvalue weighted by molar-refractivity contribution is 5.67. The van der Waals surface area contributed by atoms with E-state index in [0.29, 0.717) is 6.07 Å². The Kier molecular flexibility index (Phi) is 6.44. The first-order chi connectivity index (χ1) is 12.4. The number of alkyl carbamates (subject to hydrolysis) is 1. The molecule has 0 unspecified atom stereocenters. The van der Waals surface area contributed by atoms with E-state index in [0.717, 1.165) is 11.8 Å². The quantitative estimate of drug-likeness (QED) is 0.647. The van der Waals surface area contributed by atoms with Crippen LogP contribution in [0.2, 0.25) is 0 Å². The van der Waals surface area contributed by atoms with Crippen LogP contribution in [0.15, 0.2) is 47.4 Å². The van der Waals surface area contributed by atoms with Crippen LogP contribution >= 0.6 is 0 Å². The van der Waals surface area contributed by atoms with Gasteiger partial charge in [-0.1, -0.05) is 42.2 Å². The van der Waals surface area contributed by atoms with Crippen molar-refractivity contribution in [2.24, 2.45) is 0 Å². The lowest BCUT2D eigenvalue weighted by Gasteiger charge is -2.05. The zero-order chi connectivity index (χ0) is 19.0. The summed E-state index contributed by atoms with van der Waals surface area (Å²) in [5.74, 6) is 5.12. The second-order valence-corrected chi connectivity index (χ2v) is 5.17. The third kappa shape index (κ3) is 6.02. The van der Waals surface area contributed by atoms with Crippen molar-refractivity contribution in [1.29, 1.82) is 0 Å². The molecule has 0 bridgehead atoms. The first-order valence-electron chi connectivity index (χ1n) is 7.59. The Balaban J connectivity index is 1.78. The van der Waals surface area contributed by atoms with Crippen LogP contribution in [0, 0.1) is 11.8 Å². The summed E-state index contributed by atoms with van der Waals surface area (Å²) >= 11 is 0. The smallest absolute Gasteiger partial charge is 0.421 e. The molecule has 2 N–H and O–H groups in total. The zero-order valence-corrected chi connectivity index (χ0v) is 13.5. The van der Waals surface area contributed by atoms with Gasteiger partial charge in [-0.15, -0.1) is 0 Å². The van der Waals surface area contributed by atoms with E-state index in [1.54, 1.807) is 0 Å². The second-order valence-electron chi connectivity index (χ2n) is 5.17. The van der Waals surface area contributed by atoms with Crippen molar-refractivity contribution < 1.29 is 22.7 Å². The van der Waals surface area contributed by atoms with Gasteiger partial charge in [-0.25, -0.2) is 4.79 Å². The number of amides is 1. The molecule has 2 rings (SSSR count). The Morgan fingerprint density at radius 3 is 2.65 bits per heavy atom. The fourth-order valence-electron chi connectivity index (χ4n) is 1.93. The predicted octanol–water partition coefficient (Wildman–Crippen LogP) is 3.06. The van der Waals surface area contributed by atoms with Crippen LogP contribution in [0.5, 0.6) is 0 Å². The van der Waals surface area contributed by atoms with Gasteiger partial charge in [0.15, 0.2) is 0 Å². The lowest BCUT2D eigenvalue weighted by atomic mass is 10.2. The highest BCUT2D eigenvalue weighted by Gasteiger charge is 2.33. The minimum absolute atomic E-state index is 0.0311. The van der Waals surface area contributed by atoms with E-state index in [2.05, 4.69) is 17.2 Å². The number of nitrogens with one attached hydrogen (secondary N) is 2. The van der Waals surface area contributed by atoms with Crippen LogP contribution in [0.1, 0.15) is 23.1 Å². The molecule has 0 radical (unpaired) electrons. The van der Waals surface area contributed by atoms with E-state index < -0.39 is 23.4 Å². The number of pyridine rings is 1. The summed E-state index contributed by atoms with van der Waals surface area (Å²) in [7, 11) is 0. The number of H-pyrrole nitrogens is 1. The van der Waals surface area contributed by atoms with Crippen LogP contribution in [0.25, 0.3) is 0 Å². The Labute approximate surface area is 147 Å². The molecule has 0 atom stereocenters. The molecule has 0 aliphatic carbocycles. The van der Waals surface area contributed by atoms with Gasteiger partial charge in [0.05, 0.1) is 0 Å². The topological polar surface area (TPSA) is 71.2 Å². The van der Waals surface area contributed by atoms with E-state index in [4.69, 9.17) is 4.74 Å². The minimum Gasteiger partial charge on any atom is -0.445 e. The van der Waals surface area contributed by atoms with Gasteiger partial charge in [0.2, 0.25) is 0 Å². The molecule has 136 valence electrons. The predicted molar refractivity (Wildman–Crippen MR) is 88.2 cm³/mol. The van der Waals surface area contributed by atoms with E-state index in [1.807, 2.05) is 35.3 Å². The number of halogens is 3. The third-order valence-electron chi connectivity index (χ3n) is 3.17. The Bertz CT molecular complexity index is 865. The van der Waals surface area contributed by atoms with Crippen molar-refractivity contribution >= 4 is 6.09 Å². The lowest BCUT2D eigenvalue weighted by molar-refractivity contribution is -0.138. The minimum atomic E-state index is -4.74. The van der Waals surface area contributed by atoms with Crippen LogP contribution < -0.4 is 10.9 Å². The molecule has 8 heteroatoms. The van der Waals surface area contributed by atoms with E-state index in [-0.39, 0.29) is 25.1 Å². The number of ether oxygens (including phenoxy) is 1. The summed E-state index contributed by atoms with van der Waals surface area (Å²) in [6, 6.07) is 9.83. The Morgan fingerprint density at radius 1 is 1.23 bits per heavy atom. The molecule has 1 amide bonds. The fraction of sp³-hybridized carbons (Fsp3) is 0.222. The van der Waals surface area contributed by atoms with Crippen molar-refractivity contribution in [2.75, 3.05) is 6.54 Å². The molecule has 0 aliphatic rings. The number of alkyl halides is 3. The van der Waals surface area contributed by atoms with Gasteiger partial charge in [0.25, 0.3) is 5.56 Å². The average molecular weight is 364 g/mol. The maximum absolute atomic E-state index is 12.6. The van der Waals surface area contributed by atoms with Crippen LogP contribution in [-0.4, -0.2) is 17.6 Å². The molecule has 26 heavy (non-hydrogen) atoms. The number of carbonyl (C=O) groups is 1. The van der Waals surface area contributed by atoms with Crippen LogP contribution in [0.4, 0.5) is 18.0 Å². The van der Waals surface area contributed by atoms with E-state index >= 15 is 0 Å². The molecule has 2 aromatic rings. The number of aromatic amines is 1. The van der Waals surface area contributed by atoms with Crippen molar-refractivity contribution in [2.45, 2.75) is 19.2 Å². The molecule has 0 fully saturated rings. The van der Waals surface area contributed by atoms with Crippen LogP contribution in [0.3, 0.4) is 0 Å². The molecule has 0 spiro atoms. The molecule has 1 heterocycles. The Morgan fingerprint density at radius 2 is 1.96 bits per heavy atom. The molecular weight excluding hydrogens is 349 g/mol. The van der Waals surface area contributed by atoms with Gasteiger partial charge in [-0.3, -0.25) is 4.79 Å². The van der Waals surface area contributed by atoms with Crippen molar-refractivity contribution in [3.8, 4) is 11.8 Å². The molecule has 0 aliphatic heterocycles. The molecule has 0 saturated heterocycles. The van der Waals surface area contributed by atoms with Gasteiger partial charge in [0, 0.05) is 24.7 Å². The van der Waals surface area contributed by atoms with E-state index in [9.17, 15) is 22.8 Å². The normalized spacial score (nSPS) is 10.6. The summed E-state index contributed by atoms with van der Waals surface area (Å²) < 4.78 is 42.9. The average Bonchev–Trinajstić information content (AvgIpc) is 2.61. The van der Waals surface area contributed by atoms with Gasteiger partial charge in [0.1, 0.15) is 12.2 Å². The van der Waals surface area contributed by atoms with Gasteiger partial charge < -0.3 is 15.0 Å².